The molecule has 36 heavy (non-hydrogen) atoms. The molecular weight excluding hydrogens is 448 g/mol. The van der Waals surface area contributed by atoms with Crippen molar-refractivity contribution in [3.63, 3.8) is 0 Å². The van der Waals surface area contributed by atoms with Crippen LogP contribution in [0.15, 0.2) is 97.1 Å². The highest BCUT2D eigenvalue weighted by molar-refractivity contribution is 6.21. The quantitative estimate of drug-likeness (QED) is 0.312. The molecule has 0 aliphatic carbocycles. The number of hydrogen-bond acceptors (Lipinski definition) is 5. The van der Waals surface area contributed by atoms with Crippen LogP contribution < -0.4 is 5.32 Å². The second-order valence-corrected chi connectivity index (χ2v) is 8.82. The number of carbonyl (C=O) groups excluding carboxylic acids is 2. The molecule has 4 aromatic carbocycles. The number of carbonyl (C=O) groups is 2. The molecule has 0 radical (unpaired) electrons. The number of aryl methyl sites for hydroxylation is 1. The zero-order valence-electron chi connectivity index (χ0n) is 19.6. The van der Waals surface area contributed by atoms with Gasteiger partial charge in [0.25, 0.3) is 11.8 Å². The van der Waals surface area contributed by atoms with Gasteiger partial charge in [0.05, 0.1) is 17.7 Å². The van der Waals surface area contributed by atoms with E-state index in [0.717, 1.165) is 38.8 Å². The average molecular weight is 471 g/mol. The monoisotopic (exact) mass is 470 g/mol. The molecule has 2 heterocycles. The van der Waals surface area contributed by atoms with Crippen molar-refractivity contribution >= 4 is 34.1 Å². The number of rotatable bonds is 5. The van der Waals surface area contributed by atoms with Crippen LogP contribution in [-0.4, -0.2) is 26.9 Å². The maximum absolute atomic E-state index is 12.9. The molecule has 0 spiro atoms. The van der Waals surface area contributed by atoms with E-state index in [1.807, 2.05) is 79.7 Å². The van der Waals surface area contributed by atoms with E-state index in [1.165, 1.54) is 4.90 Å². The number of amides is 2. The van der Waals surface area contributed by atoms with Crippen LogP contribution in [0, 0.1) is 6.92 Å². The lowest BCUT2D eigenvalue weighted by Gasteiger charge is -2.17. The molecule has 0 saturated heterocycles. The van der Waals surface area contributed by atoms with Crippen molar-refractivity contribution in [2.75, 3.05) is 5.32 Å². The van der Waals surface area contributed by atoms with Gasteiger partial charge in [-0.1, -0.05) is 66.7 Å². The van der Waals surface area contributed by atoms with Gasteiger partial charge in [-0.05, 0) is 48.4 Å². The van der Waals surface area contributed by atoms with Gasteiger partial charge in [-0.3, -0.25) is 14.5 Å². The number of imide groups is 1. The number of fused-ring (bicyclic) bond motifs is 2. The van der Waals surface area contributed by atoms with Gasteiger partial charge in [-0.2, -0.15) is 0 Å². The smallest absolute Gasteiger partial charge is 0.261 e. The lowest BCUT2D eigenvalue weighted by Crippen LogP contribution is -2.29. The second kappa shape index (κ2) is 8.74. The zero-order chi connectivity index (χ0) is 24.6. The Bertz CT molecular complexity index is 1610. The first-order valence-electron chi connectivity index (χ1n) is 11.7. The Labute approximate surface area is 208 Å². The van der Waals surface area contributed by atoms with Gasteiger partial charge in [-0.25, -0.2) is 0 Å². The number of nitrogens with zero attached hydrogens (tertiary/aromatic N) is 3. The summed E-state index contributed by atoms with van der Waals surface area (Å²) in [7, 11) is 0. The molecule has 0 bridgehead atoms. The molecule has 6 rings (SSSR count). The Morgan fingerprint density at radius 1 is 0.722 bits per heavy atom. The van der Waals surface area contributed by atoms with Crippen LogP contribution in [0.3, 0.4) is 0 Å². The third-order valence-electron chi connectivity index (χ3n) is 6.55. The predicted octanol–water partition coefficient (Wildman–Crippen LogP) is 6.15. The maximum Gasteiger partial charge on any atom is 0.261 e. The summed E-state index contributed by atoms with van der Waals surface area (Å²) in [4.78, 5) is 27.1. The Hall–Kier alpha value is -4.84. The number of benzene rings is 4. The Morgan fingerprint density at radius 2 is 1.36 bits per heavy atom. The SMILES string of the molecule is Cc1ccc(-c2nnc(Nc3ccccc3)c3ccccc23)cc1CN1C(=O)c2ccccc2C1=O. The summed E-state index contributed by atoms with van der Waals surface area (Å²) in [6.45, 7) is 2.18. The number of anilines is 2. The molecular formula is C30H22N4O2. The van der Waals surface area contributed by atoms with E-state index >= 15 is 0 Å². The van der Waals surface area contributed by atoms with Gasteiger partial charge in [0.15, 0.2) is 5.82 Å². The van der Waals surface area contributed by atoms with E-state index in [0.29, 0.717) is 16.9 Å². The van der Waals surface area contributed by atoms with Crippen LogP contribution >= 0.6 is 0 Å². The third kappa shape index (κ3) is 3.69. The Kier molecular flexibility index (Phi) is 5.26. The number of para-hydroxylation sites is 1. The molecule has 1 aliphatic rings. The van der Waals surface area contributed by atoms with E-state index in [4.69, 9.17) is 0 Å². The van der Waals surface area contributed by atoms with Gasteiger partial charge in [0, 0.05) is 22.0 Å². The first-order valence-corrected chi connectivity index (χ1v) is 11.7. The van der Waals surface area contributed by atoms with Crippen LogP contribution in [0.2, 0.25) is 0 Å². The lowest BCUT2D eigenvalue weighted by atomic mass is 9.99. The van der Waals surface area contributed by atoms with Crippen molar-refractivity contribution in [1.82, 2.24) is 15.1 Å². The van der Waals surface area contributed by atoms with E-state index in [9.17, 15) is 9.59 Å². The zero-order valence-corrected chi connectivity index (χ0v) is 19.6. The molecule has 1 N–H and O–H groups in total. The topological polar surface area (TPSA) is 75.2 Å². The summed E-state index contributed by atoms with van der Waals surface area (Å²) >= 11 is 0. The molecule has 5 aromatic rings. The van der Waals surface area contributed by atoms with Gasteiger partial charge >= 0.3 is 0 Å². The van der Waals surface area contributed by atoms with Crippen molar-refractivity contribution in [3.8, 4) is 11.3 Å². The highest BCUT2D eigenvalue weighted by Gasteiger charge is 2.35. The summed E-state index contributed by atoms with van der Waals surface area (Å²) in [6, 6.07) is 30.8. The molecule has 1 aliphatic heterocycles. The molecule has 2 amide bonds. The standard InChI is InChI=1S/C30H22N4O2/c1-19-15-16-20(17-21(19)18-34-29(35)25-13-7-8-14-26(25)30(34)36)27-23-11-5-6-12-24(23)28(33-32-27)31-22-9-3-2-4-10-22/h2-17H,18H2,1H3,(H,31,33). The fourth-order valence-electron chi connectivity index (χ4n) is 4.61. The van der Waals surface area contributed by atoms with Crippen molar-refractivity contribution in [3.05, 3.63) is 119 Å². The minimum absolute atomic E-state index is 0.199. The van der Waals surface area contributed by atoms with Gasteiger partial charge in [-0.15, -0.1) is 10.2 Å². The summed E-state index contributed by atoms with van der Waals surface area (Å²) in [5.74, 6) is 0.155. The first-order chi connectivity index (χ1) is 17.6. The Balaban J connectivity index is 1.37. The van der Waals surface area contributed by atoms with Crippen molar-refractivity contribution in [1.29, 1.82) is 0 Å². The highest BCUT2D eigenvalue weighted by Crippen LogP contribution is 2.33. The summed E-state index contributed by atoms with van der Waals surface area (Å²) in [5, 5.41) is 14.4. The van der Waals surface area contributed by atoms with Crippen LogP contribution in [0.5, 0.6) is 0 Å². The van der Waals surface area contributed by atoms with Crippen molar-refractivity contribution in [2.45, 2.75) is 13.5 Å². The van der Waals surface area contributed by atoms with E-state index in [-0.39, 0.29) is 18.4 Å². The normalized spacial score (nSPS) is 12.8. The molecule has 0 fully saturated rings. The van der Waals surface area contributed by atoms with E-state index in [1.54, 1.807) is 24.3 Å². The summed E-state index contributed by atoms with van der Waals surface area (Å²) in [5.41, 5.74) is 5.34. The van der Waals surface area contributed by atoms with Crippen LogP contribution in [0.4, 0.5) is 11.5 Å². The fraction of sp³-hybridized carbons (Fsp3) is 0.0667. The van der Waals surface area contributed by atoms with Crippen LogP contribution in [0.1, 0.15) is 31.8 Å². The minimum atomic E-state index is -0.262. The van der Waals surface area contributed by atoms with E-state index in [2.05, 4.69) is 15.5 Å². The summed E-state index contributed by atoms with van der Waals surface area (Å²) < 4.78 is 0. The first kappa shape index (κ1) is 21.7. The van der Waals surface area contributed by atoms with Gasteiger partial charge < -0.3 is 5.32 Å². The molecule has 0 saturated carbocycles. The van der Waals surface area contributed by atoms with Crippen molar-refractivity contribution < 1.29 is 9.59 Å². The maximum atomic E-state index is 12.9. The molecule has 6 heteroatoms. The molecule has 6 nitrogen and oxygen atoms in total. The van der Waals surface area contributed by atoms with Crippen molar-refractivity contribution in [2.24, 2.45) is 0 Å². The third-order valence-corrected chi connectivity index (χ3v) is 6.55. The predicted molar refractivity (Wildman–Crippen MR) is 140 cm³/mol. The van der Waals surface area contributed by atoms with Crippen LogP contribution in [-0.2, 0) is 6.54 Å². The molecule has 0 unspecified atom stereocenters. The van der Waals surface area contributed by atoms with Gasteiger partial charge in [0.2, 0.25) is 0 Å². The van der Waals surface area contributed by atoms with Crippen LogP contribution in [0.25, 0.3) is 22.0 Å². The number of nitrogens with one attached hydrogen (secondary N) is 1. The summed E-state index contributed by atoms with van der Waals surface area (Å²) in [6.07, 6.45) is 0. The largest absolute Gasteiger partial charge is 0.338 e. The minimum Gasteiger partial charge on any atom is -0.338 e. The lowest BCUT2D eigenvalue weighted by molar-refractivity contribution is 0.0642. The fourth-order valence-corrected chi connectivity index (χ4v) is 4.61. The molecule has 0 atom stereocenters. The second-order valence-electron chi connectivity index (χ2n) is 8.82. The molecule has 1 aromatic heterocycles. The highest BCUT2D eigenvalue weighted by atomic mass is 16.2. The number of aromatic nitrogens is 2. The average Bonchev–Trinajstić information content (AvgIpc) is 3.16. The van der Waals surface area contributed by atoms with E-state index < -0.39 is 0 Å². The van der Waals surface area contributed by atoms with Gasteiger partial charge in [0.1, 0.15) is 5.69 Å². The number of hydrogen-bond donors (Lipinski definition) is 1. The molecule has 174 valence electrons. The Morgan fingerprint density at radius 3 is 2.08 bits per heavy atom.